The van der Waals surface area contributed by atoms with Crippen LogP contribution in [0.2, 0.25) is 0 Å². The molecule has 2 unspecified atom stereocenters. The summed E-state index contributed by atoms with van der Waals surface area (Å²) in [5.41, 5.74) is 0. The molecule has 0 saturated carbocycles. The van der Waals surface area contributed by atoms with Crippen LogP contribution in [0.5, 0.6) is 0 Å². The van der Waals surface area contributed by atoms with Crippen molar-refractivity contribution in [3.8, 4) is 0 Å². The van der Waals surface area contributed by atoms with Gasteiger partial charge in [-0.15, -0.1) is 11.8 Å². The van der Waals surface area contributed by atoms with Gasteiger partial charge in [0.1, 0.15) is 6.04 Å². The second kappa shape index (κ2) is 4.98. The minimum atomic E-state index is -0.852. The molecule has 5 nitrogen and oxygen atoms in total. The fourth-order valence-corrected chi connectivity index (χ4v) is 4.77. The normalized spacial score (nSPS) is 33.6. The Hall–Kier alpha value is -0.750. The van der Waals surface area contributed by atoms with Crippen LogP contribution in [0.4, 0.5) is 0 Å². The lowest BCUT2D eigenvalue weighted by Crippen LogP contribution is -2.49. The third kappa shape index (κ3) is 3.05. The number of carboxylic acids is 1. The third-order valence-corrected chi connectivity index (χ3v) is 5.30. The molecule has 2 saturated heterocycles. The van der Waals surface area contributed by atoms with Gasteiger partial charge in [-0.25, -0.2) is 0 Å². The van der Waals surface area contributed by atoms with Crippen molar-refractivity contribution in [2.45, 2.75) is 55.7 Å². The molecule has 0 spiro atoms. The van der Waals surface area contributed by atoms with Gasteiger partial charge in [0, 0.05) is 17.8 Å². The number of carbonyl (C=O) groups excluding carboxylic acids is 1. The molecule has 0 bridgehead atoms. The minimum absolute atomic E-state index is 0.127. The maximum absolute atomic E-state index is 12.2. The van der Waals surface area contributed by atoms with Crippen LogP contribution in [0.1, 0.15) is 40.0 Å². The first kappa shape index (κ1) is 14.7. The largest absolute Gasteiger partial charge is 0.480 e. The highest BCUT2D eigenvalue weighted by atomic mass is 32.2. The van der Waals surface area contributed by atoms with Crippen molar-refractivity contribution in [2.24, 2.45) is 0 Å². The van der Waals surface area contributed by atoms with Gasteiger partial charge in [-0.3, -0.25) is 14.9 Å². The van der Waals surface area contributed by atoms with Crippen molar-refractivity contribution in [2.75, 3.05) is 13.1 Å². The van der Waals surface area contributed by atoms with Gasteiger partial charge in [-0.05, 0) is 33.6 Å². The molecule has 2 aliphatic heterocycles. The summed E-state index contributed by atoms with van der Waals surface area (Å²) in [6.07, 6.45) is 2.50. The van der Waals surface area contributed by atoms with Crippen LogP contribution in [0.25, 0.3) is 0 Å². The fourth-order valence-electron chi connectivity index (χ4n) is 2.96. The summed E-state index contributed by atoms with van der Waals surface area (Å²) >= 11 is 1.55. The average molecular weight is 286 g/mol. The molecule has 0 radical (unpaired) electrons. The fraction of sp³-hybridized carbons (Fsp3) is 0.846. The lowest BCUT2D eigenvalue weighted by atomic mass is 10.0. The van der Waals surface area contributed by atoms with E-state index in [2.05, 4.69) is 5.32 Å². The standard InChI is InChI=1S/C13H22N2O3S/c1-12(2)10(11(17)18)14-13(3,19-12)8-9(16)15-6-4-5-7-15/h10,14H,4-8H2,1-3H3,(H,17,18). The van der Waals surface area contributed by atoms with Crippen molar-refractivity contribution < 1.29 is 14.7 Å². The Morgan fingerprint density at radius 3 is 2.37 bits per heavy atom. The molecule has 0 aromatic carbocycles. The maximum Gasteiger partial charge on any atom is 0.322 e. The van der Waals surface area contributed by atoms with Gasteiger partial charge >= 0.3 is 5.97 Å². The van der Waals surface area contributed by atoms with Crippen molar-refractivity contribution >= 4 is 23.6 Å². The molecular weight excluding hydrogens is 264 g/mol. The van der Waals surface area contributed by atoms with E-state index in [1.807, 2.05) is 25.7 Å². The van der Waals surface area contributed by atoms with Crippen LogP contribution in [-0.4, -0.2) is 50.6 Å². The third-order valence-electron chi connectivity index (χ3n) is 3.83. The van der Waals surface area contributed by atoms with E-state index >= 15 is 0 Å². The number of hydrogen-bond donors (Lipinski definition) is 2. The summed E-state index contributed by atoms with van der Waals surface area (Å²) in [5, 5.41) is 12.4. The zero-order valence-electron chi connectivity index (χ0n) is 11.7. The Kier molecular flexibility index (Phi) is 3.84. The Balaban J connectivity index is 2.03. The number of carbonyl (C=O) groups is 2. The van der Waals surface area contributed by atoms with Gasteiger partial charge in [0.2, 0.25) is 5.91 Å². The van der Waals surface area contributed by atoms with Crippen molar-refractivity contribution in [3.05, 3.63) is 0 Å². The monoisotopic (exact) mass is 286 g/mol. The predicted octanol–water partition coefficient (Wildman–Crippen LogP) is 1.28. The SMILES string of the molecule is CC1(CC(=O)N2CCCC2)NC(C(=O)O)C(C)(C)S1. The van der Waals surface area contributed by atoms with Crippen molar-refractivity contribution in [1.29, 1.82) is 0 Å². The second-order valence-corrected chi connectivity index (χ2v) is 8.27. The maximum atomic E-state index is 12.2. The summed E-state index contributed by atoms with van der Waals surface area (Å²) in [6.45, 7) is 7.43. The second-order valence-electron chi connectivity index (χ2n) is 6.12. The molecule has 2 aliphatic rings. The number of thioether (sulfide) groups is 1. The van der Waals surface area contributed by atoms with E-state index < -0.39 is 21.6 Å². The molecule has 2 N–H and O–H groups in total. The number of amides is 1. The van der Waals surface area contributed by atoms with Gasteiger partial charge in [-0.1, -0.05) is 0 Å². The number of carboxylic acid groups (broad SMARTS) is 1. The smallest absolute Gasteiger partial charge is 0.322 e. The molecule has 2 rings (SSSR count). The van der Waals surface area contributed by atoms with Crippen LogP contribution in [-0.2, 0) is 9.59 Å². The Labute approximate surface area is 118 Å². The molecule has 0 aliphatic carbocycles. The van der Waals surface area contributed by atoms with E-state index in [0.717, 1.165) is 25.9 Å². The molecule has 2 heterocycles. The zero-order valence-corrected chi connectivity index (χ0v) is 12.5. The molecular formula is C13H22N2O3S. The number of rotatable bonds is 3. The number of nitrogens with zero attached hydrogens (tertiary/aromatic N) is 1. The molecule has 19 heavy (non-hydrogen) atoms. The summed E-state index contributed by atoms with van der Waals surface area (Å²) < 4.78 is -0.411. The highest BCUT2D eigenvalue weighted by Crippen LogP contribution is 2.46. The van der Waals surface area contributed by atoms with Crippen LogP contribution < -0.4 is 5.32 Å². The highest BCUT2D eigenvalue weighted by molar-refractivity contribution is 8.02. The molecule has 0 aromatic rings. The van der Waals surface area contributed by atoms with Crippen LogP contribution >= 0.6 is 11.8 Å². The number of hydrogen-bond acceptors (Lipinski definition) is 4. The summed E-state index contributed by atoms with van der Waals surface area (Å²) in [7, 11) is 0. The van der Waals surface area contributed by atoms with E-state index in [4.69, 9.17) is 0 Å². The van der Waals surface area contributed by atoms with E-state index in [9.17, 15) is 14.7 Å². The number of aliphatic carboxylic acids is 1. The molecule has 2 fully saturated rings. The predicted molar refractivity (Wildman–Crippen MR) is 75.1 cm³/mol. The Bertz CT molecular complexity index is 393. The van der Waals surface area contributed by atoms with E-state index in [0.29, 0.717) is 6.42 Å². The van der Waals surface area contributed by atoms with E-state index in [-0.39, 0.29) is 5.91 Å². The molecule has 108 valence electrons. The molecule has 1 amide bonds. The quantitative estimate of drug-likeness (QED) is 0.818. The minimum Gasteiger partial charge on any atom is -0.480 e. The van der Waals surface area contributed by atoms with Crippen molar-refractivity contribution in [1.82, 2.24) is 10.2 Å². The average Bonchev–Trinajstić information content (AvgIpc) is 2.83. The van der Waals surface area contributed by atoms with Gasteiger partial charge in [0.15, 0.2) is 0 Å². The number of nitrogens with one attached hydrogen (secondary N) is 1. The molecule has 2 atom stereocenters. The Morgan fingerprint density at radius 2 is 1.89 bits per heavy atom. The van der Waals surface area contributed by atoms with Gasteiger partial charge < -0.3 is 10.0 Å². The van der Waals surface area contributed by atoms with Gasteiger partial charge in [0.25, 0.3) is 0 Å². The van der Waals surface area contributed by atoms with E-state index in [1.165, 1.54) is 0 Å². The summed E-state index contributed by atoms with van der Waals surface area (Å²) in [6, 6.07) is -0.617. The molecule has 6 heteroatoms. The van der Waals surface area contributed by atoms with Crippen LogP contribution in [0.15, 0.2) is 0 Å². The zero-order chi connectivity index (χ0) is 14.3. The molecule has 0 aromatic heterocycles. The van der Waals surface area contributed by atoms with Gasteiger partial charge in [-0.2, -0.15) is 0 Å². The first-order valence-electron chi connectivity index (χ1n) is 6.72. The van der Waals surface area contributed by atoms with Gasteiger partial charge in [0.05, 0.1) is 11.3 Å². The first-order valence-corrected chi connectivity index (χ1v) is 7.54. The highest BCUT2D eigenvalue weighted by Gasteiger charge is 2.51. The first-order chi connectivity index (χ1) is 8.73. The lowest BCUT2D eigenvalue weighted by molar-refractivity contribution is -0.140. The topological polar surface area (TPSA) is 69.6 Å². The lowest BCUT2D eigenvalue weighted by Gasteiger charge is -2.27. The Morgan fingerprint density at radius 1 is 1.32 bits per heavy atom. The summed E-state index contributed by atoms with van der Waals surface area (Å²) in [5.74, 6) is -0.725. The van der Waals surface area contributed by atoms with Crippen molar-refractivity contribution in [3.63, 3.8) is 0 Å². The van der Waals surface area contributed by atoms with Crippen LogP contribution in [0, 0.1) is 0 Å². The summed E-state index contributed by atoms with van der Waals surface area (Å²) in [4.78, 5) is 24.9. The van der Waals surface area contributed by atoms with Crippen LogP contribution in [0.3, 0.4) is 0 Å². The van der Waals surface area contributed by atoms with E-state index in [1.54, 1.807) is 11.8 Å². The number of likely N-dealkylation sites (tertiary alicyclic amines) is 1.